The molecular formula is C47H27NOS. The predicted molar refractivity (Wildman–Crippen MR) is 209 cm³/mol. The Kier molecular flexibility index (Phi) is 5.08. The van der Waals surface area contributed by atoms with Crippen molar-refractivity contribution >= 4 is 64.1 Å². The summed E-state index contributed by atoms with van der Waals surface area (Å²) < 4.78 is 12.3. The number of aromatic nitrogens is 1. The van der Waals surface area contributed by atoms with Crippen LogP contribution in [-0.4, -0.2) is 4.57 Å². The lowest BCUT2D eigenvalue weighted by molar-refractivity contribution is 0.442. The summed E-state index contributed by atoms with van der Waals surface area (Å²) in [5.41, 5.74) is 10.5. The van der Waals surface area contributed by atoms with Crippen molar-refractivity contribution in [1.82, 2.24) is 4.57 Å². The Morgan fingerprint density at radius 1 is 0.460 bits per heavy atom. The van der Waals surface area contributed by atoms with E-state index in [0.717, 1.165) is 28.1 Å². The lowest BCUT2D eigenvalue weighted by Gasteiger charge is -2.39. The third-order valence-electron chi connectivity index (χ3n) is 11.3. The number of rotatable bonds is 1. The van der Waals surface area contributed by atoms with Gasteiger partial charge >= 0.3 is 0 Å². The van der Waals surface area contributed by atoms with Crippen molar-refractivity contribution in [1.29, 1.82) is 0 Å². The van der Waals surface area contributed by atoms with Crippen molar-refractivity contribution in [3.63, 3.8) is 0 Å². The van der Waals surface area contributed by atoms with Crippen LogP contribution in [0, 0.1) is 0 Å². The van der Waals surface area contributed by atoms with Gasteiger partial charge in [0.25, 0.3) is 0 Å². The molecule has 0 unspecified atom stereocenters. The van der Waals surface area contributed by atoms with Gasteiger partial charge in [-0.2, -0.15) is 0 Å². The van der Waals surface area contributed by atoms with E-state index in [-0.39, 0.29) is 0 Å². The zero-order valence-electron chi connectivity index (χ0n) is 26.9. The number of hydrogen-bond donors (Lipinski definition) is 0. The average Bonchev–Trinajstić information content (AvgIpc) is 3.82. The van der Waals surface area contributed by atoms with E-state index in [1.807, 2.05) is 11.3 Å². The molecule has 10 aromatic rings. The molecule has 2 aliphatic rings. The first-order chi connectivity index (χ1) is 24.8. The molecule has 2 aromatic heterocycles. The minimum atomic E-state index is -0.513. The third-order valence-corrected chi connectivity index (χ3v) is 12.4. The van der Waals surface area contributed by atoms with E-state index in [0.29, 0.717) is 0 Å². The van der Waals surface area contributed by atoms with Gasteiger partial charge in [-0.25, -0.2) is 0 Å². The fourth-order valence-electron chi connectivity index (χ4n) is 9.31. The lowest BCUT2D eigenvalue weighted by atomic mass is 9.66. The SMILES string of the molecule is c1ccc2c(c1)Oc1c(ccc3c1c1c4ccccc4ccc1n3-c1ccc3c(c1)sc1ccccc13)C21c2ccccc2-c2ccccc21. The van der Waals surface area contributed by atoms with E-state index in [4.69, 9.17) is 4.74 Å². The predicted octanol–water partition coefficient (Wildman–Crippen LogP) is 12.8. The van der Waals surface area contributed by atoms with E-state index in [9.17, 15) is 0 Å². The van der Waals surface area contributed by atoms with Crippen molar-refractivity contribution in [2.75, 3.05) is 0 Å². The van der Waals surface area contributed by atoms with Crippen LogP contribution in [0.2, 0.25) is 0 Å². The van der Waals surface area contributed by atoms with Crippen LogP contribution >= 0.6 is 11.3 Å². The molecule has 0 N–H and O–H groups in total. The monoisotopic (exact) mass is 653 g/mol. The maximum Gasteiger partial charge on any atom is 0.142 e. The van der Waals surface area contributed by atoms with Gasteiger partial charge < -0.3 is 9.30 Å². The Balaban J connectivity index is 1.26. The maximum atomic E-state index is 7.21. The summed E-state index contributed by atoms with van der Waals surface area (Å²) in [4.78, 5) is 0. The zero-order valence-corrected chi connectivity index (χ0v) is 27.7. The zero-order chi connectivity index (χ0) is 32.6. The molecule has 0 atom stereocenters. The summed E-state index contributed by atoms with van der Waals surface area (Å²) in [5, 5.41) is 7.45. The molecule has 8 aromatic carbocycles. The Labute approximate surface area is 292 Å². The summed E-state index contributed by atoms with van der Waals surface area (Å²) >= 11 is 1.86. The first kappa shape index (κ1) is 26.8. The molecule has 50 heavy (non-hydrogen) atoms. The molecule has 0 bridgehead atoms. The van der Waals surface area contributed by atoms with Gasteiger partial charge in [0.2, 0.25) is 0 Å². The van der Waals surface area contributed by atoms with Crippen LogP contribution in [0.4, 0.5) is 0 Å². The number of hydrogen-bond acceptors (Lipinski definition) is 2. The highest BCUT2D eigenvalue weighted by atomic mass is 32.1. The van der Waals surface area contributed by atoms with E-state index in [1.54, 1.807) is 0 Å². The minimum Gasteiger partial charge on any atom is -0.456 e. The standard InChI is InChI=1S/C47H27NOS/c1-2-12-30-28(11-1)21-25-39-44(30)45-40(48(39)29-22-23-34-33-15-5-10-20-42(33)50-43(34)27-29)26-24-38-46(45)49-41-19-9-8-18-37(41)47(38)35-16-6-3-13-31(35)32-14-4-7-17-36(32)47/h1-27H. The van der Waals surface area contributed by atoms with Gasteiger partial charge in [-0.05, 0) is 69.4 Å². The van der Waals surface area contributed by atoms with Crippen molar-refractivity contribution in [3.8, 4) is 28.3 Å². The van der Waals surface area contributed by atoms with E-state index in [2.05, 4.69) is 168 Å². The Morgan fingerprint density at radius 2 is 1.10 bits per heavy atom. The third kappa shape index (κ3) is 3.19. The second-order valence-corrected chi connectivity index (χ2v) is 14.7. The van der Waals surface area contributed by atoms with E-state index >= 15 is 0 Å². The average molecular weight is 654 g/mol. The van der Waals surface area contributed by atoms with Gasteiger partial charge in [0.05, 0.1) is 21.8 Å². The van der Waals surface area contributed by atoms with Crippen LogP contribution in [0.25, 0.3) is 69.6 Å². The summed E-state index contributed by atoms with van der Waals surface area (Å²) in [5.74, 6) is 1.85. The van der Waals surface area contributed by atoms with Gasteiger partial charge in [0.15, 0.2) is 0 Å². The molecule has 0 saturated heterocycles. The molecule has 0 fully saturated rings. The first-order valence-corrected chi connectivity index (χ1v) is 18.0. The molecular weight excluding hydrogens is 627 g/mol. The topological polar surface area (TPSA) is 14.2 Å². The highest BCUT2D eigenvalue weighted by molar-refractivity contribution is 7.25. The maximum absolute atomic E-state index is 7.21. The number of nitrogens with zero attached hydrogens (tertiary/aromatic N) is 1. The van der Waals surface area contributed by atoms with Crippen molar-refractivity contribution in [2.45, 2.75) is 5.41 Å². The number of ether oxygens (including phenoxy) is 1. The molecule has 1 spiro atoms. The van der Waals surface area contributed by atoms with Crippen molar-refractivity contribution in [2.24, 2.45) is 0 Å². The van der Waals surface area contributed by atoms with Gasteiger partial charge in [-0.3, -0.25) is 0 Å². The smallest absolute Gasteiger partial charge is 0.142 e. The molecule has 3 heteroatoms. The minimum absolute atomic E-state index is 0.513. The Hall–Kier alpha value is -6.16. The van der Waals surface area contributed by atoms with Crippen LogP contribution in [0.1, 0.15) is 22.3 Å². The largest absolute Gasteiger partial charge is 0.456 e. The summed E-state index contributed by atoms with van der Waals surface area (Å²) in [6.45, 7) is 0. The fourth-order valence-corrected chi connectivity index (χ4v) is 10.4. The van der Waals surface area contributed by atoms with E-state index < -0.39 is 5.41 Å². The number of thiophene rings is 1. The summed E-state index contributed by atoms with van der Waals surface area (Å²) in [6, 6.07) is 60.3. The lowest BCUT2D eigenvalue weighted by Crippen LogP contribution is -2.32. The van der Waals surface area contributed by atoms with Crippen molar-refractivity contribution < 1.29 is 4.74 Å². The highest BCUT2D eigenvalue weighted by Gasteiger charge is 2.51. The molecule has 1 aliphatic carbocycles. The molecule has 2 nitrogen and oxygen atoms in total. The van der Waals surface area contributed by atoms with Crippen molar-refractivity contribution in [3.05, 3.63) is 186 Å². The fraction of sp³-hybridized carbons (Fsp3) is 0.0213. The molecule has 3 heterocycles. The molecule has 1 aliphatic heterocycles. The Morgan fingerprint density at radius 3 is 1.94 bits per heavy atom. The Bertz CT molecular complexity index is 3040. The second-order valence-electron chi connectivity index (χ2n) is 13.6. The van der Waals surface area contributed by atoms with Crippen LogP contribution in [0.5, 0.6) is 11.5 Å². The van der Waals surface area contributed by atoms with Gasteiger partial charge in [-0.15, -0.1) is 11.3 Å². The summed E-state index contributed by atoms with van der Waals surface area (Å²) in [7, 11) is 0. The van der Waals surface area contributed by atoms with Gasteiger partial charge in [0.1, 0.15) is 11.5 Å². The van der Waals surface area contributed by atoms with Crippen LogP contribution in [0.3, 0.4) is 0 Å². The molecule has 232 valence electrons. The molecule has 0 radical (unpaired) electrons. The molecule has 0 saturated carbocycles. The van der Waals surface area contributed by atoms with Gasteiger partial charge in [-0.1, -0.05) is 127 Å². The van der Waals surface area contributed by atoms with Crippen LogP contribution < -0.4 is 4.74 Å². The normalized spacial score (nSPS) is 13.9. The molecule has 12 rings (SSSR count). The number of fused-ring (bicyclic) bond motifs is 18. The van der Waals surface area contributed by atoms with Gasteiger partial charge in [0, 0.05) is 42.4 Å². The van der Waals surface area contributed by atoms with E-state index in [1.165, 1.54) is 75.2 Å². The summed E-state index contributed by atoms with van der Waals surface area (Å²) in [6.07, 6.45) is 0. The number of para-hydroxylation sites is 1. The first-order valence-electron chi connectivity index (χ1n) is 17.2. The highest BCUT2D eigenvalue weighted by Crippen LogP contribution is 2.63. The second kappa shape index (κ2) is 9.50. The number of benzene rings is 8. The van der Waals surface area contributed by atoms with Crippen LogP contribution in [-0.2, 0) is 5.41 Å². The quantitative estimate of drug-likeness (QED) is 0.172. The van der Waals surface area contributed by atoms with Crippen LogP contribution in [0.15, 0.2) is 164 Å². The molecule has 0 amide bonds.